The summed E-state index contributed by atoms with van der Waals surface area (Å²) in [6, 6.07) is 13.8. The average Bonchev–Trinajstić information content (AvgIpc) is 2.98. The first-order chi connectivity index (χ1) is 11.2. The number of ether oxygens (including phenoxy) is 1. The van der Waals surface area contributed by atoms with E-state index in [2.05, 4.69) is 10.3 Å². The molecule has 2 N–H and O–H groups in total. The van der Waals surface area contributed by atoms with Gasteiger partial charge in [-0.3, -0.25) is 4.79 Å². The van der Waals surface area contributed by atoms with E-state index >= 15 is 0 Å². The van der Waals surface area contributed by atoms with Crippen molar-refractivity contribution < 1.29 is 13.9 Å². The third kappa shape index (κ3) is 3.51. The van der Waals surface area contributed by atoms with Crippen LogP contribution in [0.3, 0.4) is 0 Å². The Morgan fingerprint density at radius 1 is 1.22 bits per heavy atom. The zero-order valence-corrected chi connectivity index (χ0v) is 12.7. The van der Waals surface area contributed by atoms with Gasteiger partial charge in [0.1, 0.15) is 17.3 Å². The van der Waals surface area contributed by atoms with Gasteiger partial charge >= 0.3 is 0 Å². The lowest BCUT2D eigenvalue weighted by molar-refractivity contribution is 0.0950. The first kappa shape index (κ1) is 15.1. The molecule has 3 aromatic rings. The number of aromatic amines is 1. The summed E-state index contributed by atoms with van der Waals surface area (Å²) in [5.74, 6) is 0.264. The first-order valence-electron chi connectivity index (χ1n) is 7.35. The molecule has 0 atom stereocenters. The lowest BCUT2D eigenvalue weighted by atomic mass is 10.1. The number of benzene rings is 2. The van der Waals surface area contributed by atoms with Crippen molar-refractivity contribution in [2.75, 3.05) is 13.7 Å². The third-order valence-corrected chi connectivity index (χ3v) is 3.66. The second kappa shape index (κ2) is 6.52. The number of methoxy groups -OCH3 is 1. The van der Waals surface area contributed by atoms with Crippen LogP contribution in [0.5, 0.6) is 5.75 Å². The van der Waals surface area contributed by atoms with Crippen molar-refractivity contribution in [1.29, 1.82) is 0 Å². The summed E-state index contributed by atoms with van der Waals surface area (Å²) in [7, 11) is 1.62. The number of nitrogens with one attached hydrogen (secondary N) is 2. The van der Waals surface area contributed by atoms with Crippen molar-refractivity contribution >= 4 is 16.8 Å². The highest BCUT2D eigenvalue weighted by Crippen LogP contribution is 2.16. The number of hydrogen-bond acceptors (Lipinski definition) is 2. The number of aromatic nitrogens is 1. The van der Waals surface area contributed by atoms with Crippen LogP contribution in [-0.2, 0) is 6.42 Å². The van der Waals surface area contributed by atoms with Gasteiger partial charge in [0, 0.05) is 17.4 Å². The molecule has 2 aromatic carbocycles. The minimum atomic E-state index is -0.329. The number of fused-ring (bicyclic) bond motifs is 1. The molecule has 0 saturated heterocycles. The van der Waals surface area contributed by atoms with Gasteiger partial charge in [-0.2, -0.15) is 0 Å². The normalized spacial score (nSPS) is 10.7. The zero-order valence-electron chi connectivity index (χ0n) is 12.7. The average molecular weight is 312 g/mol. The molecule has 0 saturated carbocycles. The van der Waals surface area contributed by atoms with Crippen molar-refractivity contribution in [3.05, 3.63) is 65.6 Å². The minimum absolute atomic E-state index is 0.204. The SMILES string of the molecule is COc1cccc(CCNC(=O)c2cc3ccc(F)cc3[nH]2)c1. The lowest BCUT2D eigenvalue weighted by Gasteiger charge is -2.06. The number of halogens is 1. The molecule has 0 fully saturated rings. The highest BCUT2D eigenvalue weighted by atomic mass is 19.1. The molecule has 0 bridgehead atoms. The summed E-state index contributed by atoms with van der Waals surface area (Å²) in [6.45, 7) is 0.510. The van der Waals surface area contributed by atoms with Crippen LogP contribution in [-0.4, -0.2) is 24.5 Å². The Bertz CT molecular complexity index is 842. The fourth-order valence-electron chi connectivity index (χ4n) is 2.47. The standard InChI is InChI=1S/C18H17FN2O2/c1-23-15-4-2-3-12(9-15)7-8-20-18(22)17-10-13-5-6-14(19)11-16(13)21-17/h2-6,9-11,21H,7-8H2,1H3,(H,20,22). The van der Waals surface area contributed by atoms with E-state index in [0.29, 0.717) is 24.2 Å². The van der Waals surface area contributed by atoms with E-state index in [1.807, 2.05) is 24.3 Å². The predicted octanol–water partition coefficient (Wildman–Crippen LogP) is 3.29. The van der Waals surface area contributed by atoms with Gasteiger partial charge in [0.25, 0.3) is 5.91 Å². The summed E-state index contributed by atoms with van der Waals surface area (Å²) in [5.41, 5.74) is 2.13. The highest BCUT2D eigenvalue weighted by molar-refractivity contribution is 5.97. The molecule has 0 radical (unpaired) electrons. The second-order valence-corrected chi connectivity index (χ2v) is 5.27. The molecule has 0 aliphatic heterocycles. The van der Waals surface area contributed by atoms with Crippen molar-refractivity contribution in [3.63, 3.8) is 0 Å². The van der Waals surface area contributed by atoms with Crippen LogP contribution in [0, 0.1) is 5.82 Å². The number of amides is 1. The molecular formula is C18H17FN2O2. The smallest absolute Gasteiger partial charge is 0.267 e. The van der Waals surface area contributed by atoms with Crippen molar-refractivity contribution in [2.45, 2.75) is 6.42 Å². The number of carbonyl (C=O) groups excluding carboxylic acids is 1. The van der Waals surface area contributed by atoms with Gasteiger partial charge in [-0.25, -0.2) is 4.39 Å². The molecule has 4 nitrogen and oxygen atoms in total. The van der Waals surface area contributed by atoms with Crippen LogP contribution < -0.4 is 10.1 Å². The Morgan fingerprint density at radius 3 is 2.91 bits per heavy atom. The number of hydrogen-bond donors (Lipinski definition) is 2. The summed E-state index contributed by atoms with van der Waals surface area (Å²) in [6.07, 6.45) is 0.706. The molecule has 0 unspecified atom stereocenters. The topological polar surface area (TPSA) is 54.1 Å². The van der Waals surface area contributed by atoms with E-state index in [1.54, 1.807) is 19.2 Å². The second-order valence-electron chi connectivity index (χ2n) is 5.27. The fraction of sp³-hybridized carbons (Fsp3) is 0.167. The summed E-state index contributed by atoms with van der Waals surface area (Å²) in [4.78, 5) is 15.1. The molecule has 1 amide bonds. The molecule has 0 aliphatic rings. The Labute approximate surface area is 133 Å². The van der Waals surface area contributed by atoms with Crippen LogP contribution in [0.4, 0.5) is 4.39 Å². The van der Waals surface area contributed by atoms with Crippen LogP contribution in [0.25, 0.3) is 10.9 Å². The van der Waals surface area contributed by atoms with E-state index < -0.39 is 0 Å². The van der Waals surface area contributed by atoms with E-state index in [9.17, 15) is 9.18 Å². The summed E-state index contributed by atoms with van der Waals surface area (Å²) >= 11 is 0. The maximum atomic E-state index is 13.2. The summed E-state index contributed by atoms with van der Waals surface area (Å²) in [5, 5.41) is 3.67. The largest absolute Gasteiger partial charge is 0.497 e. The number of H-pyrrole nitrogens is 1. The van der Waals surface area contributed by atoms with Gasteiger partial charge in [0.15, 0.2) is 0 Å². The molecule has 23 heavy (non-hydrogen) atoms. The van der Waals surface area contributed by atoms with Crippen molar-refractivity contribution in [1.82, 2.24) is 10.3 Å². The van der Waals surface area contributed by atoms with Gasteiger partial charge in [-0.1, -0.05) is 12.1 Å². The number of carbonyl (C=O) groups is 1. The Morgan fingerprint density at radius 2 is 2.09 bits per heavy atom. The Kier molecular flexibility index (Phi) is 4.28. The lowest BCUT2D eigenvalue weighted by Crippen LogP contribution is -2.25. The summed E-state index contributed by atoms with van der Waals surface area (Å²) < 4.78 is 18.3. The minimum Gasteiger partial charge on any atom is -0.497 e. The monoisotopic (exact) mass is 312 g/mol. The predicted molar refractivity (Wildman–Crippen MR) is 87.3 cm³/mol. The van der Waals surface area contributed by atoms with E-state index in [4.69, 9.17) is 4.74 Å². The van der Waals surface area contributed by atoms with Gasteiger partial charge in [0.05, 0.1) is 7.11 Å². The van der Waals surface area contributed by atoms with E-state index in [-0.39, 0.29) is 11.7 Å². The quantitative estimate of drug-likeness (QED) is 0.759. The molecule has 1 heterocycles. The fourth-order valence-corrected chi connectivity index (χ4v) is 2.47. The first-order valence-corrected chi connectivity index (χ1v) is 7.35. The molecule has 3 rings (SSSR count). The van der Waals surface area contributed by atoms with Crippen LogP contribution >= 0.6 is 0 Å². The number of rotatable bonds is 5. The maximum absolute atomic E-state index is 13.2. The van der Waals surface area contributed by atoms with Crippen LogP contribution in [0.15, 0.2) is 48.5 Å². The van der Waals surface area contributed by atoms with E-state index in [0.717, 1.165) is 16.7 Å². The van der Waals surface area contributed by atoms with Crippen LogP contribution in [0.1, 0.15) is 16.1 Å². The molecule has 1 aromatic heterocycles. The van der Waals surface area contributed by atoms with Crippen molar-refractivity contribution in [3.8, 4) is 5.75 Å². The molecule has 0 aliphatic carbocycles. The van der Waals surface area contributed by atoms with Gasteiger partial charge < -0.3 is 15.0 Å². The van der Waals surface area contributed by atoms with Gasteiger partial charge in [0.2, 0.25) is 0 Å². The molecular weight excluding hydrogens is 295 g/mol. The van der Waals surface area contributed by atoms with E-state index in [1.165, 1.54) is 12.1 Å². The Balaban J connectivity index is 1.61. The molecule has 0 spiro atoms. The molecule has 5 heteroatoms. The third-order valence-electron chi connectivity index (χ3n) is 3.66. The Hall–Kier alpha value is -2.82. The zero-order chi connectivity index (χ0) is 16.2. The van der Waals surface area contributed by atoms with Gasteiger partial charge in [-0.05, 0) is 48.4 Å². The van der Waals surface area contributed by atoms with Crippen LogP contribution in [0.2, 0.25) is 0 Å². The van der Waals surface area contributed by atoms with Crippen molar-refractivity contribution in [2.24, 2.45) is 0 Å². The molecule has 118 valence electrons. The maximum Gasteiger partial charge on any atom is 0.267 e. The van der Waals surface area contributed by atoms with Gasteiger partial charge in [-0.15, -0.1) is 0 Å². The highest BCUT2D eigenvalue weighted by Gasteiger charge is 2.09.